The first-order chi connectivity index (χ1) is 8.85. The zero-order chi connectivity index (χ0) is 12.8. The van der Waals surface area contributed by atoms with Gasteiger partial charge in [0.2, 0.25) is 0 Å². The van der Waals surface area contributed by atoms with E-state index in [9.17, 15) is 0 Å². The zero-order valence-electron chi connectivity index (χ0n) is 10.6. The second kappa shape index (κ2) is 6.22. The van der Waals surface area contributed by atoms with E-state index in [-0.39, 0.29) is 6.61 Å². The monoisotopic (exact) mass is 242 g/mol. The molecule has 2 aromatic carbocycles. The van der Waals surface area contributed by atoms with E-state index in [1.807, 2.05) is 24.3 Å². The third kappa shape index (κ3) is 2.90. The summed E-state index contributed by atoms with van der Waals surface area (Å²) in [5.41, 5.74) is 3.63. The summed E-state index contributed by atoms with van der Waals surface area (Å²) in [5.74, 6) is 0.864. The molecule has 0 spiro atoms. The van der Waals surface area contributed by atoms with Crippen molar-refractivity contribution in [2.45, 2.75) is 12.8 Å². The summed E-state index contributed by atoms with van der Waals surface area (Å²) in [4.78, 5) is 0. The second-order valence-corrected chi connectivity index (χ2v) is 4.22. The van der Waals surface area contributed by atoms with Crippen LogP contribution in [0.25, 0.3) is 11.1 Å². The second-order valence-electron chi connectivity index (χ2n) is 4.22. The van der Waals surface area contributed by atoms with Gasteiger partial charge in [-0.15, -0.1) is 0 Å². The van der Waals surface area contributed by atoms with Crippen molar-refractivity contribution in [3.8, 4) is 16.9 Å². The number of hydrogen-bond donors (Lipinski definition) is 1. The lowest BCUT2D eigenvalue weighted by Crippen LogP contribution is -1.94. The van der Waals surface area contributed by atoms with Gasteiger partial charge in [0, 0.05) is 6.61 Å². The van der Waals surface area contributed by atoms with Gasteiger partial charge in [-0.3, -0.25) is 0 Å². The minimum atomic E-state index is 0.214. The Bertz CT molecular complexity index is 492. The zero-order valence-corrected chi connectivity index (χ0v) is 10.6. The molecule has 0 saturated carbocycles. The van der Waals surface area contributed by atoms with Gasteiger partial charge in [0.1, 0.15) is 5.75 Å². The van der Waals surface area contributed by atoms with E-state index in [1.165, 1.54) is 16.7 Å². The fourth-order valence-electron chi connectivity index (χ4n) is 2.07. The van der Waals surface area contributed by atoms with E-state index in [4.69, 9.17) is 9.84 Å². The molecule has 0 saturated heterocycles. The van der Waals surface area contributed by atoms with Gasteiger partial charge in [-0.2, -0.15) is 0 Å². The molecule has 0 radical (unpaired) electrons. The summed E-state index contributed by atoms with van der Waals surface area (Å²) in [6.45, 7) is 0.214. The van der Waals surface area contributed by atoms with Gasteiger partial charge in [-0.05, 0) is 41.7 Å². The van der Waals surface area contributed by atoms with Gasteiger partial charge in [0.05, 0.1) is 7.11 Å². The topological polar surface area (TPSA) is 29.5 Å². The smallest absolute Gasteiger partial charge is 0.119 e. The van der Waals surface area contributed by atoms with Crippen molar-refractivity contribution in [1.29, 1.82) is 0 Å². The van der Waals surface area contributed by atoms with E-state index >= 15 is 0 Å². The molecule has 18 heavy (non-hydrogen) atoms. The normalized spacial score (nSPS) is 10.3. The quantitative estimate of drug-likeness (QED) is 0.871. The van der Waals surface area contributed by atoms with Crippen LogP contribution in [0.4, 0.5) is 0 Å². The van der Waals surface area contributed by atoms with Gasteiger partial charge in [0.25, 0.3) is 0 Å². The van der Waals surface area contributed by atoms with Gasteiger partial charge in [0.15, 0.2) is 0 Å². The molecule has 0 bridgehead atoms. The highest BCUT2D eigenvalue weighted by molar-refractivity contribution is 5.68. The van der Waals surface area contributed by atoms with E-state index in [2.05, 4.69) is 24.3 Å². The Morgan fingerprint density at radius 2 is 1.83 bits per heavy atom. The highest BCUT2D eigenvalue weighted by Crippen LogP contribution is 2.28. The highest BCUT2D eigenvalue weighted by atomic mass is 16.5. The van der Waals surface area contributed by atoms with Crippen molar-refractivity contribution >= 4 is 0 Å². The van der Waals surface area contributed by atoms with Crippen LogP contribution in [0.2, 0.25) is 0 Å². The van der Waals surface area contributed by atoms with Gasteiger partial charge >= 0.3 is 0 Å². The summed E-state index contributed by atoms with van der Waals surface area (Å²) in [6.07, 6.45) is 1.63. The number of rotatable bonds is 5. The van der Waals surface area contributed by atoms with Crippen LogP contribution < -0.4 is 4.74 Å². The predicted octanol–water partition coefficient (Wildman–Crippen LogP) is 3.29. The van der Waals surface area contributed by atoms with Crippen LogP contribution in [0.15, 0.2) is 48.5 Å². The van der Waals surface area contributed by atoms with Crippen LogP contribution in [-0.2, 0) is 6.42 Å². The first-order valence-corrected chi connectivity index (χ1v) is 6.18. The molecule has 2 rings (SSSR count). The van der Waals surface area contributed by atoms with E-state index in [0.717, 1.165) is 18.6 Å². The van der Waals surface area contributed by atoms with Crippen LogP contribution in [0.3, 0.4) is 0 Å². The Kier molecular flexibility index (Phi) is 4.37. The number of ether oxygens (including phenoxy) is 1. The lowest BCUT2D eigenvalue weighted by molar-refractivity contribution is 0.288. The van der Waals surface area contributed by atoms with Crippen molar-refractivity contribution in [3.05, 3.63) is 54.1 Å². The molecule has 2 nitrogen and oxygen atoms in total. The molecule has 0 aromatic heterocycles. The number of hydrogen-bond acceptors (Lipinski definition) is 2. The maximum atomic E-state index is 8.98. The molecule has 0 heterocycles. The number of aryl methyl sites for hydroxylation is 1. The maximum absolute atomic E-state index is 8.98. The van der Waals surface area contributed by atoms with Gasteiger partial charge in [-0.25, -0.2) is 0 Å². The minimum absolute atomic E-state index is 0.214. The lowest BCUT2D eigenvalue weighted by Gasteiger charge is -2.11. The summed E-state index contributed by atoms with van der Waals surface area (Å²) in [6, 6.07) is 16.4. The van der Waals surface area contributed by atoms with Gasteiger partial charge < -0.3 is 9.84 Å². The average molecular weight is 242 g/mol. The van der Waals surface area contributed by atoms with Crippen LogP contribution in [0.5, 0.6) is 5.75 Å². The van der Waals surface area contributed by atoms with E-state index < -0.39 is 0 Å². The molecule has 0 fully saturated rings. The molecule has 0 aliphatic carbocycles. The molecule has 0 aliphatic heterocycles. The Labute approximate surface area is 108 Å². The van der Waals surface area contributed by atoms with Crippen molar-refractivity contribution in [2.24, 2.45) is 0 Å². The van der Waals surface area contributed by atoms with E-state index in [0.29, 0.717) is 0 Å². The number of aliphatic hydroxyl groups excluding tert-OH is 1. The molecule has 0 unspecified atom stereocenters. The number of aliphatic hydroxyl groups is 1. The Morgan fingerprint density at radius 3 is 2.50 bits per heavy atom. The van der Waals surface area contributed by atoms with Crippen molar-refractivity contribution in [1.82, 2.24) is 0 Å². The standard InChI is InChI=1S/C16H18O2/c1-18-15-9-10-16(13-6-3-2-4-7-13)14(12-15)8-5-11-17/h2-4,6-7,9-10,12,17H,5,8,11H2,1H3. The Hall–Kier alpha value is -1.80. The fraction of sp³-hybridized carbons (Fsp3) is 0.250. The minimum Gasteiger partial charge on any atom is -0.497 e. The SMILES string of the molecule is COc1ccc(-c2ccccc2)c(CCCO)c1. The first kappa shape index (κ1) is 12.7. The largest absolute Gasteiger partial charge is 0.497 e. The average Bonchev–Trinajstić information content (AvgIpc) is 2.45. The predicted molar refractivity (Wildman–Crippen MR) is 73.8 cm³/mol. The third-order valence-electron chi connectivity index (χ3n) is 3.00. The van der Waals surface area contributed by atoms with Crippen LogP contribution in [0.1, 0.15) is 12.0 Å². The van der Waals surface area contributed by atoms with Crippen LogP contribution >= 0.6 is 0 Å². The molecule has 94 valence electrons. The molecule has 0 atom stereocenters. The molecule has 2 aromatic rings. The Balaban J connectivity index is 2.39. The summed E-state index contributed by atoms with van der Waals surface area (Å²) < 4.78 is 5.26. The molecule has 2 heteroatoms. The summed E-state index contributed by atoms with van der Waals surface area (Å²) >= 11 is 0. The van der Waals surface area contributed by atoms with Crippen LogP contribution in [-0.4, -0.2) is 18.8 Å². The molecular weight excluding hydrogens is 224 g/mol. The lowest BCUT2D eigenvalue weighted by atomic mass is 9.96. The van der Waals surface area contributed by atoms with E-state index in [1.54, 1.807) is 7.11 Å². The third-order valence-corrected chi connectivity index (χ3v) is 3.00. The molecular formula is C16H18O2. The van der Waals surface area contributed by atoms with Crippen molar-refractivity contribution < 1.29 is 9.84 Å². The van der Waals surface area contributed by atoms with Crippen molar-refractivity contribution in [2.75, 3.05) is 13.7 Å². The number of benzene rings is 2. The molecule has 0 amide bonds. The highest BCUT2D eigenvalue weighted by Gasteiger charge is 2.06. The maximum Gasteiger partial charge on any atom is 0.119 e. The van der Waals surface area contributed by atoms with Crippen LogP contribution in [0, 0.1) is 0 Å². The first-order valence-electron chi connectivity index (χ1n) is 6.18. The van der Waals surface area contributed by atoms with Gasteiger partial charge in [-0.1, -0.05) is 36.4 Å². The molecule has 0 aliphatic rings. The summed E-state index contributed by atoms with van der Waals surface area (Å²) in [5, 5.41) is 8.98. The number of methoxy groups -OCH3 is 1. The Morgan fingerprint density at radius 1 is 1.06 bits per heavy atom. The fourth-order valence-corrected chi connectivity index (χ4v) is 2.07. The summed E-state index contributed by atoms with van der Waals surface area (Å²) in [7, 11) is 1.67. The molecule has 1 N–H and O–H groups in total. The van der Waals surface area contributed by atoms with Crippen molar-refractivity contribution in [3.63, 3.8) is 0 Å².